The van der Waals surface area contributed by atoms with Crippen molar-refractivity contribution in [2.45, 2.75) is 414 Å². The van der Waals surface area contributed by atoms with Crippen molar-refractivity contribution in [3.63, 3.8) is 0 Å². The van der Waals surface area contributed by atoms with E-state index < -0.39 is 97.5 Å². The standard InChI is InChI=1S/C81H154O17P2/c1-8-10-11-12-13-14-15-16-17-25-30-35-42-50-57-64-80(85)97-76(68-91-78(83)62-55-48-41-34-29-24-20-18-22-27-32-38-45-52-59-72(3)4)70-95-99(87,88)93-66-75(82)67-94-100(89,90)96-71-77(69-92-79(84)63-56-49-44-37-39-46-53-60-73(5)6)98-81(86)65-58-51-43-36-31-26-21-19-23-28-33-40-47-54-61-74(7)9-2/h14-17,72-77,82H,8-13,18-71H2,1-7H3,(H,87,88)(H,89,90)/b15-14-,17-16-/t74?,75?,76-,77-/m1/s1. The Kier molecular flexibility index (Phi) is 69.1. The van der Waals surface area contributed by atoms with Crippen LogP contribution in [0, 0.1) is 17.8 Å². The summed E-state index contributed by atoms with van der Waals surface area (Å²) < 4.78 is 68.7. The lowest BCUT2D eigenvalue weighted by molar-refractivity contribution is -0.161. The second kappa shape index (κ2) is 70.8. The highest BCUT2D eigenvalue weighted by atomic mass is 31.2. The molecule has 0 aliphatic carbocycles. The predicted octanol–water partition coefficient (Wildman–Crippen LogP) is 23.7. The summed E-state index contributed by atoms with van der Waals surface area (Å²) in [6.45, 7) is 11.9. The number of hydrogen-bond acceptors (Lipinski definition) is 15. The van der Waals surface area contributed by atoms with Gasteiger partial charge in [0.2, 0.25) is 0 Å². The summed E-state index contributed by atoms with van der Waals surface area (Å²) in [5, 5.41) is 10.6. The minimum atomic E-state index is -4.97. The fraction of sp³-hybridized carbons (Fsp3) is 0.901. The Hall–Kier alpha value is -2.46. The van der Waals surface area contributed by atoms with Gasteiger partial charge in [0.25, 0.3) is 0 Å². The van der Waals surface area contributed by atoms with Gasteiger partial charge in [-0.15, -0.1) is 0 Å². The quantitative estimate of drug-likeness (QED) is 0.0169. The van der Waals surface area contributed by atoms with E-state index in [0.717, 1.165) is 121 Å². The number of aliphatic hydroxyl groups is 1. The van der Waals surface area contributed by atoms with Gasteiger partial charge in [0.1, 0.15) is 19.3 Å². The molecule has 0 spiro atoms. The summed E-state index contributed by atoms with van der Waals surface area (Å²) in [6, 6.07) is 0. The Morgan fingerprint density at radius 1 is 0.330 bits per heavy atom. The van der Waals surface area contributed by atoms with Gasteiger partial charge < -0.3 is 33.8 Å². The van der Waals surface area contributed by atoms with E-state index in [4.69, 9.17) is 37.0 Å². The van der Waals surface area contributed by atoms with Crippen molar-refractivity contribution in [1.29, 1.82) is 0 Å². The van der Waals surface area contributed by atoms with Crippen LogP contribution in [0.3, 0.4) is 0 Å². The highest BCUT2D eigenvalue weighted by Gasteiger charge is 2.30. The molecule has 0 amide bonds. The molecule has 0 saturated carbocycles. The Bertz CT molecular complexity index is 2040. The molecular formula is C81H154O17P2. The second-order valence-corrected chi connectivity index (χ2v) is 32.6. The van der Waals surface area contributed by atoms with Gasteiger partial charge in [-0.25, -0.2) is 9.13 Å². The number of ether oxygens (including phenoxy) is 4. The van der Waals surface area contributed by atoms with Crippen molar-refractivity contribution in [2.24, 2.45) is 17.8 Å². The van der Waals surface area contributed by atoms with E-state index in [-0.39, 0.29) is 25.7 Å². The highest BCUT2D eigenvalue weighted by Crippen LogP contribution is 2.45. The average molecular weight is 1460 g/mol. The first-order chi connectivity index (χ1) is 48.3. The lowest BCUT2D eigenvalue weighted by Crippen LogP contribution is -2.30. The Morgan fingerprint density at radius 3 is 0.890 bits per heavy atom. The molecular weight excluding hydrogens is 1310 g/mol. The Balaban J connectivity index is 5.27. The first-order valence-corrected chi connectivity index (χ1v) is 44.2. The number of hydrogen-bond donors (Lipinski definition) is 3. The maximum Gasteiger partial charge on any atom is 0.472 e. The van der Waals surface area contributed by atoms with Crippen molar-refractivity contribution in [3.8, 4) is 0 Å². The van der Waals surface area contributed by atoms with Crippen LogP contribution in [0.15, 0.2) is 24.3 Å². The van der Waals surface area contributed by atoms with Crippen LogP contribution in [-0.2, 0) is 65.4 Å². The average Bonchev–Trinajstić information content (AvgIpc) is 0.965. The molecule has 0 aliphatic rings. The van der Waals surface area contributed by atoms with E-state index in [0.29, 0.717) is 31.6 Å². The third kappa shape index (κ3) is 72.5. The van der Waals surface area contributed by atoms with E-state index >= 15 is 0 Å². The molecule has 0 saturated heterocycles. The first-order valence-electron chi connectivity index (χ1n) is 41.2. The third-order valence-corrected chi connectivity index (χ3v) is 20.5. The fourth-order valence-corrected chi connectivity index (χ4v) is 13.5. The van der Waals surface area contributed by atoms with Gasteiger partial charge in [-0.2, -0.15) is 0 Å². The largest absolute Gasteiger partial charge is 0.472 e. The maximum absolute atomic E-state index is 13.1. The zero-order valence-corrected chi connectivity index (χ0v) is 66.9. The molecule has 3 N–H and O–H groups in total. The zero-order valence-electron chi connectivity index (χ0n) is 65.2. The van der Waals surface area contributed by atoms with E-state index in [2.05, 4.69) is 72.8 Å². The molecule has 0 aromatic heterocycles. The van der Waals surface area contributed by atoms with Gasteiger partial charge in [-0.1, -0.05) is 342 Å². The number of esters is 4. The Morgan fingerprint density at radius 2 is 0.590 bits per heavy atom. The number of rotatable bonds is 77. The molecule has 0 bridgehead atoms. The van der Waals surface area contributed by atoms with E-state index in [1.807, 2.05) is 0 Å². The third-order valence-electron chi connectivity index (χ3n) is 18.6. The van der Waals surface area contributed by atoms with Gasteiger partial charge in [0.05, 0.1) is 26.4 Å². The summed E-state index contributed by atoms with van der Waals surface area (Å²) in [4.78, 5) is 73.0. The number of unbranched alkanes of at least 4 members (excludes halogenated alkanes) is 41. The van der Waals surface area contributed by atoms with Crippen molar-refractivity contribution in [3.05, 3.63) is 24.3 Å². The van der Waals surface area contributed by atoms with E-state index in [1.54, 1.807) is 0 Å². The van der Waals surface area contributed by atoms with Crippen LogP contribution < -0.4 is 0 Å². The van der Waals surface area contributed by atoms with Crippen LogP contribution in [0.5, 0.6) is 0 Å². The molecule has 4 unspecified atom stereocenters. The van der Waals surface area contributed by atoms with Crippen molar-refractivity contribution in [2.75, 3.05) is 39.6 Å². The first kappa shape index (κ1) is 97.5. The molecule has 0 rings (SSSR count). The number of carbonyl (C=O) groups excluding carboxylic acids is 4. The number of carbonyl (C=O) groups is 4. The summed E-state index contributed by atoms with van der Waals surface area (Å²) in [5.74, 6) is 0.203. The van der Waals surface area contributed by atoms with Crippen LogP contribution in [-0.4, -0.2) is 96.7 Å². The normalized spacial score (nSPS) is 14.4. The molecule has 17 nitrogen and oxygen atoms in total. The van der Waals surface area contributed by atoms with Gasteiger partial charge in [-0.3, -0.25) is 37.3 Å². The molecule has 6 atom stereocenters. The molecule has 0 aliphatic heterocycles. The molecule has 100 heavy (non-hydrogen) atoms. The van der Waals surface area contributed by atoms with Crippen molar-refractivity contribution < 1.29 is 80.2 Å². The van der Waals surface area contributed by atoms with Gasteiger partial charge in [-0.05, 0) is 69.1 Å². The number of aliphatic hydroxyl groups excluding tert-OH is 1. The number of phosphoric ester groups is 2. The molecule has 19 heteroatoms. The van der Waals surface area contributed by atoms with Crippen LogP contribution in [0.4, 0.5) is 0 Å². The molecule has 0 aromatic carbocycles. The predicted molar refractivity (Wildman–Crippen MR) is 409 cm³/mol. The van der Waals surface area contributed by atoms with Crippen LogP contribution in [0.2, 0.25) is 0 Å². The van der Waals surface area contributed by atoms with Gasteiger partial charge >= 0.3 is 39.5 Å². The van der Waals surface area contributed by atoms with E-state index in [9.17, 15) is 43.2 Å². The SMILES string of the molecule is CCCCCC/C=C\C=C/CCCCCCCC(=O)O[C@H](COC(=O)CCCCCCCCCCCCCCCCC(C)C)COP(=O)(O)OCC(O)COP(=O)(O)OC[C@@H](COC(=O)CCCCCCCCCC(C)C)OC(=O)CCCCCCCCCCCCCCCCC(C)CC. The van der Waals surface area contributed by atoms with E-state index in [1.165, 1.54) is 186 Å². The molecule has 0 heterocycles. The van der Waals surface area contributed by atoms with Gasteiger partial charge in [0, 0.05) is 25.7 Å². The minimum absolute atomic E-state index is 0.0850. The summed E-state index contributed by atoms with van der Waals surface area (Å²) in [5.41, 5.74) is 0. The molecule has 0 radical (unpaired) electrons. The second-order valence-electron chi connectivity index (χ2n) is 29.7. The smallest absolute Gasteiger partial charge is 0.462 e. The van der Waals surface area contributed by atoms with Crippen LogP contribution >= 0.6 is 15.6 Å². The van der Waals surface area contributed by atoms with Crippen molar-refractivity contribution in [1.82, 2.24) is 0 Å². The summed E-state index contributed by atoms with van der Waals surface area (Å²) in [7, 11) is -9.93. The fourth-order valence-electron chi connectivity index (χ4n) is 11.9. The molecule has 590 valence electrons. The number of phosphoric acid groups is 2. The number of allylic oxidation sites excluding steroid dienone is 4. The summed E-state index contributed by atoms with van der Waals surface area (Å²) in [6.07, 6.45) is 61.8. The van der Waals surface area contributed by atoms with Crippen molar-refractivity contribution >= 4 is 39.5 Å². The molecule has 0 fully saturated rings. The lowest BCUT2D eigenvalue weighted by atomic mass is 9.99. The Labute approximate surface area is 612 Å². The van der Waals surface area contributed by atoms with Crippen LogP contribution in [0.1, 0.15) is 395 Å². The van der Waals surface area contributed by atoms with Gasteiger partial charge in [0.15, 0.2) is 12.2 Å². The highest BCUT2D eigenvalue weighted by molar-refractivity contribution is 7.47. The van der Waals surface area contributed by atoms with Crippen LogP contribution in [0.25, 0.3) is 0 Å². The minimum Gasteiger partial charge on any atom is -0.462 e. The lowest BCUT2D eigenvalue weighted by Gasteiger charge is -2.21. The zero-order chi connectivity index (χ0) is 73.7. The topological polar surface area (TPSA) is 237 Å². The molecule has 0 aromatic rings. The summed E-state index contributed by atoms with van der Waals surface area (Å²) >= 11 is 0. The monoisotopic (exact) mass is 1460 g/mol. The maximum atomic E-state index is 13.1.